The summed E-state index contributed by atoms with van der Waals surface area (Å²) in [5.74, 6) is -0.183. The molecule has 0 fully saturated rings. The van der Waals surface area contributed by atoms with E-state index in [-0.39, 0.29) is 5.91 Å². The zero-order chi connectivity index (χ0) is 13.0. The molecule has 0 unspecified atom stereocenters. The van der Waals surface area contributed by atoms with Gasteiger partial charge in [-0.2, -0.15) is 0 Å². The van der Waals surface area contributed by atoms with Gasteiger partial charge in [0.1, 0.15) is 0 Å². The molecule has 0 aliphatic carbocycles. The zero-order valence-corrected chi connectivity index (χ0v) is 11.3. The molecule has 1 aromatic carbocycles. The summed E-state index contributed by atoms with van der Waals surface area (Å²) in [6.45, 7) is 1.79. The fraction of sp³-hybridized carbons (Fsp3) is 0.0769. The maximum absolute atomic E-state index is 11.4. The molecule has 0 aliphatic heterocycles. The Morgan fingerprint density at radius 2 is 2.22 bits per heavy atom. The largest absolute Gasteiger partial charge is 0.298 e. The van der Waals surface area contributed by atoms with Crippen molar-refractivity contribution in [1.29, 1.82) is 0 Å². The molecule has 92 valence electrons. The number of aromatic nitrogens is 1. The Hall–Kier alpha value is -1.65. The van der Waals surface area contributed by atoms with E-state index in [1.807, 2.05) is 29.6 Å². The van der Waals surface area contributed by atoms with Gasteiger partial charge in [0.15, 0.2) is 5.13 Å². The van der Waals surface area contributed by atoms with Gasteiger partial charge in [-0.3, -0.25) is 10.1 Å². The molecule has 1 amide bonds. The molecule has 2 rings (SSSR count). The van der Waals surface area contributed by atoms with E-state index in [9.17, 15) is 4.79 Å². The van der Waals surface area contributed by atoms with Crippen LogP contribution in [0.25, 0.3) is 11.3 Å². The normalized spacial score (nSPS) is 10.8. The van der Waals surface area contributed by atoms with Crippen molar-refractivity contribution in [3.05, 3.63) is 46.8 Å². The van der Waals surface area contributed by atoms with Crippen LogP contribution in [-0.2, 0) is 4.79 Å². The van der Waals surface area contributed by atoms with E-state index in [2.05, 4.69) is 10.3 Å². The number of amides is 1. The van der Waals surface area contributed by atoms with E-state index in [0.717, 1.165) is 11.3 Å². The SMILES string of the molecule is CC=CC(=O)Nc1nc(-c2ccccc2Cl)cs1. The van der Waals surface area contributed by atoms with Crippen molar-refractivity contribution in [1.82, 2.24) is 4.98 Å². The summed E-state index contributed by atoms with van der Waals surface area (Å²) in [5.41, 5.74) is 1.63. The second-order valence-electron chi connectivity index (χ2n) is 3.51. The standard InChI is InChI=1S/C13H11ClN2OS/c1-2-5-12(17)16-13-15-11(8-18-13)9-6-3-4-7-10(9)14/h2-8H,1H3,(H,15,16,17). The van der Waals surface area contributed by atoms with E-state index in [1.54, 1.807) is 13.0 Å². The Labute approximate surface area is 114 Å². The third-order valence-electron chi connectivity index (χ3n) is 2.20. The Morgan fingerprint density at radius 3 is 2.94 bits per heavy atom. The van der Waals surface area contributed by atoms with Crippen molar-refractivity contribution in [2.75, 3.05) is 5.32 Å². The minimum Gasteiger partial charge on any atom is -0.298 e. The third kappa shape index (κ3) is 2.97. The third-order valence-corrected chi connectivity index (χ3v) is 3.29. The minimum atomic E-state index is -0.183. The van der Waals surface area contributed by atoms with Crippen molar-refractivity contribution >= 4 is 34.0 Å². The highest BCUT2D eigenvalue weighted by Crippen LogP contribution is 2.30. The van der Waals surface area contributed by atoms with Crippen molar-refractivity contribution in [2.45, 2.75) is 6.92 Å². The molecule has 0 aliphatic rings. The second kappa shape index (κ2) is 5.80. The van der Waals surface area contributed by atoms with Gasteiger partial charge in [-0.25, -0.2) is 4.98 Å². The number of anilines is 1. The Kier molecular flexibility index (Phi) is 4.12. The van der Waals surface area contributed by atoms with Gasteiger partial charge >= 0.3 is 0 Å². The molecule has 1 heterocycles. The molecule has 0 radical (unpaired) electrons. The van der Waals surface area contributed by atoms with E-state index in [0.29, 0.717) is 10.2 Å². The van der Waals surface area contributed by atoms with Gasteiger partial charge in [0.2, 0.25) is 5.91 Å². The molecule has 3 nitrogen and oxygen atoms in total. The van der Waals surface area contributed by atoms with Crippen molar-refractivity contribution < 1.29 is 4.79 Å². The zero-order valence-electron chi connectivity index (χ0n) is 9.68. The van der Waals surface area contributed by atoms with Crippen molar-refractivity contribution in [3.8, 4) is 11.3 Å². The van der Waals surface area contributed by atoms with Gasteiger partial charge in [-0.1, -0.05) is 35.9 Å². The number of nitrogens with zero attached hydrogens (tertiary/aromatic N) is 1. The van der Waals surface area contributed by atoms with Crippen LogP contribution in [0.3, 0.4) is 0 Å². The molecule has 0 bridgehead atoms. The van der Waals surface area contributed by atoms with Crippen LogP contribution < -0.4 is 5.32 Å². The summed E-state index contributed by atoms with van der Waals surface area (Å²) >= 11 is 7.46. The predicted octanol–water partition coefficient (Wildman–Crippen LogP) is 3.98. The maximum Gasteiger partial charge on any atom is 0.249 e. The van der Waals surface area contributed by atoms with Crippen LogP contribution in [0.1, 0.15) is 6.92 Å². The van der Waals surface area contributed by atoms with Gasteiger partial charge in [-0.05, 0) is 19.1 Å². The number of allylic oxidation sites excluding steroid dienone is 1. The van der Waals surface area contributed by atoms with Crippen LogP contribution in [0, 0.1) is 0 Å². The first kappa shape index (κ1) is 12.8. The number of hydrogen-bond acceptors (Lipinski definition) is 3. The van der Waals surface area contributed by atoms with Gasteiger partial charge in [0, 0.05) is 16.0 Å². The first-order valence-electron chi connectivity index (χ1n) is 5.35. The Morgan fingerprint density at radius 1 is 1.44 bits per heavy atom. The number of benzene rings is 1. The molecule has 1 N–H and O–H groups in total. The lowest BCUT2D eigenvalue weighted by atomic mass is 10.2. The Balaban J connectivity index is 2.21. The first-order chi connectivity index (χ1) is 8.70. The summed E-state index contributed by atoms with van der Waals surface area (Å²) in [6.07, 6.45) is 3.13. The average Bonchev–Trinajstić information content (AvgIpc) is 2.78. The van der Waals surface area contributed by atoms with E-state index >= 15 is 0 Å². The highest BCUT2D eigenvalue weighted by atomic mass is 35.5. The number of thiazole rings is 1. The van der Waals surface area contributed by atoms with Gasteiger partial charge < -0.3 is 0 Å². The van der Waals surface area contributed by atoms with E-state index in [4.69, 9.17) is 11.6 Å². The predicted molar refractivity (Wildman–Crippen MR) is 76.0 cm³/mol. The van der Waals surface area contributed by atoms with E-state index in [1.165, 1.54) is 17.4 Å². The number of rotatable bonds is 3. The number of halogens is 1. The monoisotopic (exact) mass is 278 g/mol. The quantitative estimate of drug-likeness (QED) is 0.863. The molecular formula is C13H11ClN2OS. The Bertz CT molecular complexity index is 592. The highest BCUT2D eigenvalue weighted by Gasteiger charge is 2.08. The van der Waals surface area contributed by atoms with Gasteiger partial charge in [-0.15, -0.1) is 11.3 Å². The molecule has 18 heavy (non-hydrogen) atoms. The topological polar surface area (TPSA) is 42.0 Å². The molecule has 0 atom stereocenters. The summed E-state index contributed by atoms with van der Waals surface area (Å²) in [7, 11) is 0. The summed E-state index contributed by atoms with van der Waals surface area (Å²) in [4.78, 5) is 15.7. The molecule has 1 aromatic heterocycles. The summed E-state index contributed by atoms with van der Waals surface area (Å²) in [6, 6.07) is 7.48. The fourth-order valence-electron chi connectivity index (χ4n) is 1.42. The molecule has 0 spiro atoms. The van der Waals surface area contributed by atoms with Gasteiger partial charge in [0.05, 0.1) is 5.69 Å². The van der Waals surface area contributed by atoms with Crippen LogP contribution in [0.5, 0.6) is 0 Å². The number of carbonyl (C=O) groups excluding carboxylic acids is 1. The number of hydrogen-bond donors (Lipinski definition) is 1. The van der Waals surface area contributed by atoms with Crippen LogP contribution in [-0.4, -0.2) is 10.9 Å². The number of nitrogens with one attached hydrogen (secondary N) is 1. The molecule has 0 saturated heterocycles. The molecule has 5 heteroatoms. The summed E-state index contributed by atoms with van der Waals surface area (Å²) in [5, 5.41) is 5.77. The summed E-state index contributed by atoms with van der Waals surface area (Å²) < 4.78 is 0. The lowest BCUT2D eigenvalue weighted by molar-refractivity contribution is -0.111. The first-order valence-corrected chi connectivity index (χ1v) is 6.60. The number of carbonyl (C=O) groups is 1. The second-order valence-corrected chi connectivity index (χ2v) is 4.77. The van der Waals surface area contributed by atoms with Crippen molar-refractivity contribution in [2.24, 2.45) is 0 Å². The lowest BCUT2D eigenvalue weighted by Gasteiger charge is -1.99. The van der Waals surface area contributed by atoms with E-state index < -0.39 is 0 Å². The molecule has 2 aromatic rings. The minimum absolute atomic E-state index is 0.183. The molecule has 0 saturated carbocycles. The van der Waals surface area contributed by atoms with Gasteiger partial charge in [0.25, 0.3) is 0 Å². The van der Waals surface area contributed by atoms with Crippen LogP contribution in [0.4, 0.5) is 5.13 Å². The van der Waals surface area contributed by atoms with Crippen LogP contribution in [0.2, 0.25) is 5.02 Å². The fourth-order valence-corrected chi connectivity index (χ4v) is 2.37. The van der Waals surface area contributed by atoms with Crippen molar-refractivity contribution in [3.63, 3.8) is 0 Å². The maximum atomic E-state index is 11.4. The average molecular weight is 279 g/mol. The van der Waals surface area contributed by atoms with Crippen LogP contribution in [0.15, 0.2) is 41.8 Å². The van der Waals surface area contributed by atoms with Crippen LogP contribution >= 0.6 is 22.9 Å². The molecular weight excluding hydrogens is 268 g/mol. The highest BCUT2D eigenvalue weighted by molar-refractivity contribution is 7.14. The smallest absolute Gasteiger partial charge is 0.249 e. The lowest BCUT2D eigenvalue weighted by Crippen LogP contribution is -2.07.